The zero-order chi connectivity index (χ0) is 13.6. The van der Waals surface area contributed by atoms with Crippen LogP contribution in [-0.2, 0) is 7.05 Å². The topological polar surface area (TPSA) is 79.9 Å². The Kier molecular flexibility index (Phi) is 2.99. The van der Waals surface area contributed by atoms with Gasteiger partial charge >= 0.3 is 5.69 Å². The van der Waals surface area contributed by atoms with Gasteiger partial charge in [0.2, 0.25) is 0 Å². The molecule has 102 valence electrons. The molecule has 1 saturated heterocycles. The Morgan fingerprint density at radius 3 is 3.11 bits per heavy atom. The Bertz CT molecular complexity index is 677. The molecule has 2 aromatic heterocycles. The van der Waals surface area contributed by atoms with Crippen molar-refractivity contribution in [3.63, 3.8) is 0 Å². The number of halogens is 1. The largest absolute Gasteiger partial charge is 0.368 e. The number of nitrogens with one attached hydrogen (secondary N) is 1. The first kappa shape index (κ1) is 12.5. The zero-order valence-electron chi connectivity index (χ0n) is 10.7. The van der Waals surface area contributed by atoms with Crippen LogP contribution in [0.5, 0.6) is 0 Å². The fourth-order valence-electron chi connectivity index (χ4n) is 2.62. The predicted octanol–water partition coefficient (Wildman–Crippen LogP) is 0.842. The predicted molar refractivity (Wildman–Crippen MR) is 75.8 cm³/mol. The first-order chi connectivity index (χ1) is 9.06. The van der Waals surface area contributed by atoms with E-state index >= 15 is 0 Å². The van der Waals surface area contributed by atoms with E-state index in [0.717, 1.165) is 37.1 Å². The molecule has 0 bridgehead atoms. The number of imidazole rings is 1. The van der Waals surface area contributed by atoms with Gasteiger partial charge in [-0.1, -0.05) is 11.6 Å². The molecule has 3 heterocycles. The average molecular weight is 282 g/mol. The number of aromatic nitrogens is 3. The van der Waals surface area contributed by atoms with Gasteiger partial charge in [0.1, 0.15) is 10.7 Å². The molecule has 1 aliphatic heterocycles. The standard InChI is InChI=1S/C12H16ClN5O/c1-17-11-10(16-12(17)19)8(5-9(13)15-11)18-4-2-3-7(14)6-18/h5,7H,2-4,6,14H2,1H3,(H,16,19). The molecule has 0 radical (unpaired) electrons. The van der Waals surface area contributed by atoms with E-state index in [1.807, 2.05) is 0 Å². The molecule has 7 heteroatoms. The van der Waals surface area contributed by atoms with Gasteiger partial charge in [-0.05, 0) is 12.8 Å². The average Bonchev–Trinajstić information content (AvgIpc) is 2.65. The Hall–Kier alpha value is -1.53. The molecule has 6 nitrogen and oxygen atoms in total. The summed E-state index contributed by atoms with van der Waals surface area (Å²) in [6.45, 7) is 1.69. The normalized spacial score (nSPS) is 20.2. The van der Waals surface area contributed by atoms with Crippen LogP contribution in [0.3, 0.4) is 0 Å². The Labute approximate surface area is 115 Å². The third kappa shape index (κ3) is 2.11. The second-order valence-electron chi connectivity index (χ2n) is 5.00. The summed E-state index contributed by atoms with van der Waals surface area (Å²) >= 11 is 6.06. The maximum absolute atomic E-state index is 11.7. The van der Waals surface area contributed by atoms with Crippen molar-refractivity contribution in [2.75, 3.05) is 18.0 Å². The second kappa shape index (κ2) is 4.54. The van der Waals surface area contributed by atoms with Crippen LogP contribution in [0.2, 0.25) is 5.15 Å². The number of nitrogens with two attached hydrogens (primary N) is 1. The smallest absolute Gasteiger partial charge is 0.327 e. The van der Waals surface area contributed by atoms with Gasteiger partial charge in [-0.2, -0.15) is 0 Å². The molecule has 0 aliphatic carbocycles. The summed E-state index contributed by atoms with van der Waals surface area (Å²) < 4.78 is 1.47. The maximum Gasteiger partial charge on any atom is 0.327 e. The highest BCUT2D eigenvalue weighted by molar-refractivity contribution is 6.30. The lowest BCUT2D eigenvalue weighted by atomic mass is 10.1. The molecule has 3 N–H and O–H groups in total. The molecule has 3 rings (SSSR count). The minimum atomic E-state index is -0.188. The Morgan fingerprint density at radius 1 is 1.58 bits per heavy atom. The fraction of sp³-hybridized carbons (Fsp3) is 0.500. The summed E-state index contributed by atoms with van der Waals surface area (Å²) in [7, 11) is 1.68. The number of piperidine rings is 1. The summed E-state index contributed by atoms with van der Waals surface area (Å²) in [5.74, 6) is 0. The third-order valence-corrected chi connectivity index (χ3v) is 3.79. The maximum atomic E-state index is 11.7. The number of pyridine rings is 1. The van der Waals surface area contributed by atoms with Crippen molar-refractivity contribution >= 4 is 28.5 Å². The number of anilines is 1. The first-order valence-electron chi connectivity index (χ1n) is 6.32. The monoisotopic (exact) mass is 281 g/mol. The molecule has 0 aromatic carbocycles. The fourth-order valence-corrected chi connectivity index (χ4v) is 2.80. The number of H-pyrrole nitrogens is 1. The van der Waals surface area contributed by atoms with Gasteiger partial charge in [0.25, 0.3) is 0 Å². The van der Waals surface area contributed by atoms with E-state index in [9.17, 15) is 4.79 Å². The van der Waals surface area contributed by atoms with Crippen LogP contribution >= 0.6 is 11.6 Å². The van der Waals surface area contributed by atoms with E-state index in [1.54, 1.807) is 13.1 Å². The number of aromatic amines is 1. The van der Waals surface area contributed by atoms with Crippen LogP contribution < -0.4 is 16.3 Å². The van der Waals surface area contributed by atoms with E-state index in [1.165, 1.54) is 4.57 Å². The number of aryl methyl sites for hydroxylation is 1. The van der Waals surface area contributed by atoms with Crippen molar-refractivity contribution in [1.29, 1.82) is 0 Å². The Morgan fingerprint density at radius 2 is 2.37 bits per heavy atom. The van der Waals surface area contributed by atoms with Crippen molar-refractivity contribution in [2.24, 2.45) is 12.8 Å². The molecule has 2 aromatic rings. The molecule has 1 atom stereocenters. The van der Waals surface area contributed by atoms with Gasteiger partial charge in [-0.25, -0.2) is 9.78 Å². The van der Waals surface area contributed by atoms with Crippen LogP contribution in [0.1, 0.15) is 12.8 Å². The molecule has 0 amide bonds. The molecule has 19 heavy (non-hydrogen) atoms. The number of fused-ring (bicyclic) bond motifs is 1. The molecule has 1 aliphatic rings. The van der Waals surface area contributed by atoms with Crippen molar-refractivity contribution in [1.82, 2.24) is 14.5 Å². The lowest BCUT2D eigenvalue weighted by Crippen LogP contribution is -2.43. The van der Waals surface area contributed by atoms with Crippen LogP contribution in [-0.4, -0.2) is 33.7 Å². The van der Waals surface area contributed by atoms with Gasteiger partial charge in [0, 0.05) is 32.2 Å². The number of rotatable bonds is 1. The first-order valence-corrected chi connectivity index (χ1v) is 6.70. The van der Waals surface area contributed by atoms with E-state index in [0.29, 0.717) is 10.8 Å². The van der Waals surface area contributed by atoms with Gasteiger partial charge < -0.3 is 15.6 Å². The van der Waals surface area contributed by atoms with Crippen molar-refractivity contribution in [3.8, 4) is 0 Å². The van der Waals surface area contributed by atoms with Crippen molar-refractivity contribution < 1.29 is 0 Å². The molecule has 1 fully saturated rings. The highest BCUT2D eigenvalue weighted by atomic mass is 35.5. The number of hydrogen-bond acceptors (Lipinski definition) is 4. The lowest BCUT2D eigenvalue weighted by Gasteiger charge is -2.32. The summed E-state index contributed by atoms with van der Waals surface area (Å²) in [5.41, 5.74) is 8.03. The molecule has 1 unspecified atom stereocenters. The minimum absolute atomic E-state index is 0.158. The molecular weight excluding hydrogens is 266 g/mol. The van der Waals surface area contributed by atoms with E-state index < -0.39 is 0 Å². The molecule has 0 saturated carbocycles. The van der Waals surface area contributed by atoms with Gasteiger partial charge in [0.15, 0.2) is 5.65 Å². The van der Waals surface area contributed by atoms with Crippen LogP contribution in [0.4, 0.5) is 5.69 Å². The Balaban J connectivity index is 2.17. The highest BCUT2D eigenvalue weighted by Crippen LogP contribution is 2.28. The third-order valence-electron chi connectivity index (χ3n) is 3.60. The summed E-state index contributed by atoms with van der Waals surface area (Å²) in [6, 6.07) is 1.95. The van der Waals surface area contributed by atoms with E-state index in [4.69, 9.17) is 17.3 Å². The molecular formula is C12H16ClN5O. The molecule has 0 spiro atoms. The summed E-state index contributed by atoms with van der Waals surface area (Å²) in [6.07, 6.45) is 2.07. The highest BCUT2D eigenvalue weighted by Gasteiger charge is 2.21. The summed E-state index contributed by atoms with van der Waals surface area (Å²) in [5, 5.41) is 0.385. The van der Waals surface area contributed by atoms with Crippen LogP contribution in [0.15, 0.2) is 10.9 Å². The second-order valence-corrected chi connectivity index (χ2v) is 5.39. The van der Waals surface area contributed by atoms with Gasteiger partial charge in [0.05, 0.1) is 5.69 Å². The number of hydrogen-bond donors (Lipinski definition) is 2. The quantitative estimate of drug-likeness (QED) is 0.759. The zero-order valence-corrected chi connectivity index (χ0v) is 11.4. The summed E-state index contributed by atoms with van der Waals surface area (Å²) in [4.78, 5) is 20.9. The van der Waals surface area contributed by atoms with Crippen molar-refractivity contribution in [3.05, 3.63) is 21.7 Å². The van der Waals surface area contributed by atoms with Crippen LogP contribution in [0, 0.1) is 0 Å². The SMILES string of the molecule is Cn1c(=O)[nH]c2c(N3CCCC(N)C3)cc(Cl)nc21. The van der Waals surface area contributed by atoms with Crippen LogP contribution in [0.25, 0.3) is 11.2 Å². The van der Waals surface area contributed by atoms with Gasteiger partial charge in [-0.3, -0.25) is 4.57 Å². The minimum Gasteiger partial charge on any atom is -0.368 e. The van der Waals surface area contributed by atoms with Gasteiger partial charge in [-0.15, -0.1) is 0 Å². The number of nitrogens with zero attached hydrogens (tertiary/aromatic N) is 3. The lowest BCUT2D eigenvalue weighted by molar-refractivity contribution is 0.507. The van der Waals surface area contributed by atoms with Crippen molar-refractivity contribution in [2.45, 2.75) is 18.9 Å². The van der Waals surface area contributed by atoms with E-state index in [2.05, 4.69) is 14.9 Å². The van der Waals surface area contributed by atoms with E-state index in [-0.39, 0.29) is 11.7 Å².